The normalized spacial score (nSPS) is 19.9. The Bertz CT molecular complexity index is 994. The van der Waals surface area contributed by atoms with E-state index in [0.29, 0.717) is 25.3 Å². The lowest BCUT2D eigenvalue weighted by Gasteiger charge is -2.37. The number of hydrogen-bond acceptors (Lipinski definition) is 5. The summed E-state index contributed by atoms with van der Waals surface area (Å²) in [6.45, 7) is 10.9. The van der Waals surface area contributed by atoms with Crippen molar-refractivity contribution in [2.75, 3.05) is 28.0 Å². The standard InChI is InChI=1S/C23H32FN3O3S/c1-16-14-27(15-17(2)30-16)22-12-19(24)8-11-21(22)25-13-18-6-9-20(10-7-18)26-31(28,29)23(3,4)5/h6-12,16-17,25-26H,13-15H2,1-5H3/t16-,17+. The summed E-state index contributed by atoms with van der Waals surface area (Å²) in [5.41, 5.74) is 3.17. The first kappa shape index (κ1) is 23.3. The second-order valence-electron chi connectivity index (χ2n) is 9.09. The summed E-state index contributed by atoms with van der Waals surface area (Å²) in [6, 6.07) is 12.0. The third-order valence-corrected chi connectivity index (χ3v) is 7.33. The molecule has 2 aromatic carbocycles. The molecule has 0 aromatic heterocycles. The number of morpholine rings is 1. The molecule has 2 N–H and O–H groups in total. The molecule has 0 saturated carbocycles. The number of nitrogens with zero attached hydrogens (tertiary/aromatic N) is 1. The Morgan fingerprint density at radius 3 is 2.26 bits per heavy atom. The van der Waals surface area contributed by atoms with Crippen LogP contribution in [0, 0.1) is 5.82 Å². The summed E-state index contributed by atoms with van der Waals surface area (Å²) in [4.78, 5) is 2.15. The highest BCUT2D eigenvalue weighted by atomic mass is 32.2. The Morgan fingerprint density at radius 1 is 1.06 bits per heavy atom. The number of halogens is 1. The Kier molecular flexibility index (Phi) is 6.81. The molecule has 0 aliphatic carbocycles. The highest BCUT2D eigenvalue weighted by molar-refractivity contribution is 7.94. The predicted molar refractivity (Wildman–Crippen MR) is 125 cm³/mol. The fourth-order valence-corrected chi connectivity index (χ4v) is 4.24. The summed E-state index contributed by atoms with van der Waals surface area (Å²) in [5.74, 6) is -0.275. The zero-order valence-electron chi connectivity index (χ0n) is 18.8. The van der Waals surface area contributed by atoms with E-state index in [-0.39, 0.29) is 18.0 Å². The second-order valence-corrected chi connectivity index (χ2v) is 11.5. The van der Waals surface area contributed by atoms with Crippen LogP contribution in [0.4, 0.5) is 21.5 Å². The van der Waals surface area contributed by atoms with E-state index in [1.807, 2.05) is 26.0 Å². The van der Waals surface area contributed by atoms with E-state index >= 15 is 0 Å². The summed E-state index contributed by atoms with van der Waals surface area (Å²) in [6.07, 6.45) is 0.147. The molecule has 2 aromatic rings. The predicted octanol–water partition coefficient (Wildman–Crippen LogP) is 4.59. The highest BCUT2D eigenvalue weighted by Gasteiger charge is 2.29. The molecule has 6 nitrogen and oxygen atoms in total. The summed E-state index contributed by atoms with van der Waals surface area (Å²) in [5, 5.41) is 3.39. The molecule has 0 radical (unpaired) electrons. The number of benzene rings is 2. The number of hydrogen-bond donors (Lipinski definition) is 2. The molecule has 0 unspecified atom stereocenters. The Labute approximate surface area is 184 Å². The summed E-state index contributed by atoms with van der Waals surface area (Å²) < 4.78 is 46.1. The molecule has 31 heavy (non-hydrogen) atoms. The van der Waals surface area contributed by atoms with Gasteiger partial charge in [-0.15, -0.1) is 0 Å². The van der Waals surface area contributed by atoms with E-state index in [4.69, 9.17) is 4.74 Å². The molecule has 0 spiro atoms. The van der Waals surface area contributed by atoms with Gasteiger partial charge in [0.1, 0.15) is 5.82 Å². The zero-order chi connectivity index (χ0) is 22.8. The summed E-state index contributed by atoms with van der Waals surface area (Å²) in [7, 11) is -3.47. The molecule has 0 bridgehead atoms. The molecule has 2 atom stereocenters. The molecular weight excluding hydrogens is 417 g/mol. The monoisotopic (exact) mass is 449 g/mol. The number of ether oxygens (including phenoxy) is 1. The van der Waals surface area contributed by atoms with Gasteiger partial charge in [-0.1, -0.05) is 12.1 Å². The first-order chi connectivity index (χ1) is 14.4. The number of anilines is 3. The van der Waals surface area contributed by atoms with Crippen LogP contribution in [-0.2, 0) is 21.3 Å². The van der Waals surface area contributed by atoms with Crippen LogP contribution in [0.2, 0.25) is 0 Å². The fourth-order valence-electron chi connectivity index (χ4n) is 3.49. The Hall–Kier alpha value is -2.32. The maximum atomic E-state index is 14.0. The Morgan fingerprint density at radius 2 is 1.68 bits per heavy atom. The van der Waals surface area contributed by atoms with Crippen LogP contribution in [0.5, 0.6) is 0 Å². The van der Waals surface area contributed by atoms with Gasteiger partial charge < -0.3 is 15.0 Å². The molecule has 3 rings (SSSR count). The van der Waals surface area contributed by atoms with E-state index < -0.39 is 14.8 Å². The van der Waals surface area contributed by atoms with Crippen LogP contribution in [0.25, 0.3) is 0 Å². The number of rotatable bonds is 6. The molecule has 1 heterocycles. The molecule has 1 aliphatic heterocycles. The first-order valence-electron chi connectivity index (χ1n) is 10.5. The lowest BCUT2D eigenvalue weighted by Crippen LogP contribution is -2.45. The maximum Gasteiger partial charge on any atom is 0.237 e. The van der Waals surface area contributed by atoms with Crippen molar-refractivity contribution in [3.63, 3.8) is 0 Å². The van der Waals surface area contributed by atoms with Crippen molar-refractivity contribution in [1.82, 2.24) is 0 Å². The molecule has 1 fully saturated rings. The van der Waals surface area contributed by atoms with Crippen molar-refractivity contribution in [3.05, 3.63) is 53.8 Å². The average Bonchev–Trinajstić information content (AvgIpc) is 2.66. The van der Waals surface area contributed by atoms with Crippen LogP contribution in [0.1, 0.15) is 40.2 Å². The fraction of sp³-hybridized carbons (Fsp3) is 0.478. The average molecular weight is 450 g/mol. The molecule has 170 valence electrons. The van der Waals surface area contributed by atoms with Gasteiger partial charge in [-0.25, -0.2) is 12.8 Å². The molecule has 1 saturated heterocycles. The van der Waals surface area contributed by atoms with E-state index in [9.17, 15) is 12.8 Å². The molecular formula is C23H32FN3O3S. The van der Waals surface area contributed by atoms with Gasteiger partial charge >= 0.3 is 0 Å². The minimum absolute atomic E-state index is 0.0734. The second kappa shape index (κ2) is 9.04. The topological polar surface area (TPSA) is 70.7 Å². The van der Waals surface area contributed by atoms with E-state index in [2.05, 4.69) is 14.9 Å². The van der Waals surface area contributed by atoms with Crippen LogP contribution in [0.3, 0.4) is 0 Å². The first-order valence-corrected chi connectivity index (χ1v) is 12.0. The van der Waals surface area contributed by atoms with Gasteiger partial charge in [0.05, 0.1) is 28.3 Å². The van der Waals surface area contributed by atoms with Crippen LogP contribution >= 0.6 is 0 Å². The largest absolute Gasteiger partial charge is 0.379 e. The lowest BCUT2D eigenvalue weighted by atomic mass is 10.1. The van der Waals surface area contributed by atoms with Crippen molar-refractivity contribution in [2.45, 2.75) is 58.1 Å². The number of sulfonamides is 1. The van der Waals surface area contributed by atoms with Gasteiger partial charge in [-0.3, -0.25) is 4.72 Å². The van der Waals surface area contributed by atoms with Crippen LogP contribution < -0.4 is 14.9 Å². The van der Waals surface area contributed by atoms with E-state index in [1.165, 1.54) is 6.07 Å². The van der Waals surface area contributed by atoms with E-state index in [1.54, 1.807) is 45.0 Å². The van der Waals surface area contributed by atoms with Crippen molar-refractivity contribution in [2.24, 2.45) is 0 Å². The Balaban J connectivity index is 1.70. The molecule has 0 amide bonds. The highest BCUT2D eigenvalue weighted by Crippen LogP contribution is 2.30. The van der Waals surface area contributed by atoms with Gasteiger partial charge in [0.2, 0.25) is 10.0 Å². The third-order valence-electron chi connectivity index (χ3n) is 5.22. The minimum atomic E-state index is -3.47. The molecule has 1 aliphatic rings. The lowest BCUT2D eigenvalue weighted by molar-refractivity contribution is -0.00519. The minimum Gasteiger partial charge on any atom is -0.379 e. The SMILES string of the molecule is C[C@@H]1CN(c2cc(F)ccc2NCc2ccc(NS(=O)(=O)C(C)(C)C)cc2)C[C@H](C)O1. The van der Waals surface area contributed by atoms with Crippen LogP contribution in [0.15, 0.2) is 42.5 Å². The zero-order valence-corrected chi connectivity index (χ0v) is 19.6. The maximum absolute atomic E-state index is 14.0. The summed E-state index contributed by atoms with van der Waals surface area (Å²) >= 11 is 0. The third kappa shape index (κ3) is 5.89. The van der Waals surface area contributed by atoms with Gasteiger partial charge in [0.25, 0.3) is 0 Å². The van der Waals surface area contributed by atoms with Gasteiger partial charge in [-0.05, 0) is 70.5 Å². The van der Waals surface area contributed by atoms with Crippen molar-refractivity contribution >= 4 is 27.1 Å². The van der Waals surface area contributed by atoms with Gasteiger partial charge in [-0.2, -0.15) is 0 Å². The van der Waals surface area contributed by atoms with Crippen LogP contribution in [-0.4, -0.2) is 38.5 Å². The van der Waals surface area contributed by atoms with Crippen molar-refractivity contribution in [3.8, 4) is 0 Å². The van der Waals surface area contributed by atoms with Crippen molar-refractivity contribution < 1.29 is 17.5 Å². The van der Waals surface area contributed by atoms with Gasteiger partial charge in [0, 0.05) is 25.3 Å². The molecule has 8 heteroatoms. The van der Waals surface area contributed by atoms with Crippen molar-refractivity contribution in [1.29, 1.82) is 0 Å². The van der Waals surface area contributed by atoms with E-state index in [0.717, 1.165) is 16.9 Å². The quantitative estimate of drug-likeness (QED) is 0.675. The number of nitrogens with one attached hydrogen (secondary N) is 2. The smallest absolute Gasteiger partial charge is 0.237 e. The van der Waals surface area contributed by atoms with Gasteiger partial charge in [0.15, 0.2) is 0 Å².